The highest BCUT2D eigenvalue weighted by Crippen LogP contribution is 2.44. The van der Waals surface area contributed by atoms with E-state index in [1.165, 1.54) is 14.2 Å². The minimum absolute atomic E-state index is 0.0252. The van der Waals surface area contributed by atoms with E-state index in [9.17, 15) is 14.4 Å². The third-order valence-corrected chi connectivity index (χ3v) is 10.7. The van der Waals surface area contributed by atoms with Gasteiger partial charge in [-0.2, -0.15) is 0 Å². The van der Waals surface area contributed by atoms with Gasteiger partial charge in [-0.15, -0.1) is 0 Å². The Kier molecular flexibility index (Phi) is 13.5. The Labute approximate surface area is 358 Å². The summed E-state index contributed by atoms with van der Waals surface area (Å²) in [5.41, 5.74) is 7.77. The van der Waals surface area contributed by atoms with Crippen molar-refractivity contribution in [2.45, 2.75) is 25.6 Å². The van der Waals surface area contributed by atoms with Gasteiger partial charge in [0.05, 0.1) is 24.3 Å². The van der Waals surface area contributed by atoms with Gasteiger partial charge in [-0.1, -0.05) is 138 Å². The van der Waals surface area contributed by atoms with E-state index in [4.69, 9.17) is 46.9 Å². The van der Waals surface area contributed by atoms with Crippen LogP contribution in [0, 0.1) is 0 Å². The smallest absolute Gasteiger partial charge is 0.407 e. The summed E-state index contributed by atoms with van der Waals surface area (Å²) in [6.07, 6.45) is 1.57. The van der Waals surface area contributed by atoms with Gasteiger partial charge in [0.2, 0.25) is 0 Å². The van der Waals surface area contributed by atoms with Gasteiger partial charge in [0.1, 0.15) is 30.9 Å². The summed E-state index contributed by atoms with van der Waals surface area (Å²) >= 11 is 13.6. The highest BCUT2D eigenvalue weighted by molar-refractivity contribution is 6.33. The molecule has 0 aliphatic heterocycles. The van der Waals surface area contributed by atoms with Crippen LogP contribution in [0.25, 0.3) is 16.7 Å². The number of esters is 2. The molecule has 0 radical (unpaired) electrons. The molecule has 0 heterocycles. The van der Waals surface area contributed by atoms with Crippen LogP contribution in [-0.2, 0) is 27.4 Å². The molecule has 9 nitrogen and oxygen atoms in total. The van der Waals surface area contributed by atoms with E-state index in [2.05, 4.69) is 29.6 Å². The lowest BCUT2D eigenvalue weighted by molar-refractivity contribution is 0.0460. The van der Waals surface area contributed by atoms with Crippen LogP contribution in [0.15, 0.2) is 140 Å². The summed E-state index contributed by atoms with van der Waals surface area (Å²) in [7, 11) is 2.83. The van der Waals surface area contributed by atoms with E-state index in [0.29, 0.717) is 23.1 Å². The molecule has 0 fully saturated rings. The Morgan fingerprint density at radius 2 is 1.05 bits per heavy atom. The molecule has 1 aliphatic carbocycles. The number of hydrogen-bond donors (Lipinski definition) is 1. The summed E-state index contributed by atoms with van der Waals surface area (Å²) in [5, 5.41) is 3.14. The first-order chi connectivity index (χ1) is 29.2. The zero-order chi connectivity index (χ0) is 42.0. The lowest BCUT2D eigenvalue weighted by atomic mass is 9.93. The van der Waals surface area contributed by atoms with Crippen LogP contribution in [0.2, 0.25) is 10.0 Å². The average molecular weight is 843 g/mol. The van der Waals surface area contributed by atoms with E-state index in [1.807, 2.05) is 91.0 Å². The first kappa shape index (κ1) is 41.6. The number of rotatable bonds is 15. The number of amides is 1. The summed E-state index contributed by atoms with van der Waals surface area (Å²) in [6.45, 7) is 0.405. The van der Waals surface area contributed by atoms with Crippen molar-refractivity contribution < 1.29 is 38.1 Å². The van der Waals surface area contributed by atoms with Crippen LogP contribution in [0.1, 0.15) is 66.4 Å². The number of fused-ring (bicyclic) bond motifs is 3. The molecule has 304 valence electrons. The van der Waals surface area contributed by atoms with Crippen molar-refractivity contribution in [2.75, 3.05) is 27.4 Å². The highest BCUT2D eigenvalue weighted by atomic mass is 35.5. The third kappa shape index (κ3) is 9.49. The Balaban J connectivity index is 1.16. The van der Waals surface area contributed by atoms with Crippen molar-refractivity contribution in [3.8, 4) is 22.6 Å². The first-order valence-electron chi connectivity index (χ1n) is 19.2. The van der Waals surface area contributed by atoms with E-state index >= 15 is 0 Å². The van der Waals surface area contributed by atoms with E-state index < -0.39 is 18.0 Å². The highest BCUT2D eigenvalue weighted by Gasteiger charge is 2.29. The van der Waals surface area contributed by atoms with Crippen LogP contribution in [0.4, 0.5) is 4.79 Å². The fourth-order valence-corrected chi connectivity index (χ4v) is 7.85. The number of halogens is 2. The standard InChI is InChI=1S/C49H41Cl2NO8/c1-56-45-40(47(53)58-28-31-14-5-3-6-15-31)24-33(26-43(45)50)35(34-25-41(46(57-2)44(51)27-34)48(54)59-29-32-16-7-4-8-17-32)22-13-23-52-49(55)60-30-42-38-20-11-9-18-36(38)37-19-10-12-21-39(37)42/h3-12,14-22,24-27,42H,13,23,28-30H2,1-2H3,(H,52,55). The second kappa shape index (κ2) is 19.5. The van der Waals surface area contributed by atoms with Crippen molar-refractivity contribution in [3.63, 3.8) is 0 Å². The van der Waals surface area contributed by atoms with E-state index in [1.54, 1.807) is 24.3 Å². The van der Waals surface area contributed by atoms with Crippen molar-refractivity contribution in [1.82, 2.24) is 5.32 Å². The van der Waals surface area contributed by atoms with Gasteiger partial charge >= 0.3 is 18.0 Å². The molecule has 0 atom stereocenters. The zero-order valence-corrected chi connectivity index (χ0v) is 34.4. The molecule has 7 rings (SSSR count). The maximum Gasteiger partial charge on any atom is 0.407 e. The number of alkyl carbamates (subject to hydrolysis) is 1. The predicted molar refractivity (Wildman–Crippen MR) is 232 cm³/mol. The number of ether oxygens (including phenoxy) is 5. The molecule has 0 saturated carbocycles. The molecule has 0 saturated heterocycles. The van der Waals surface area contributed by atoms with Crippen LogP contribution in [-0.4, -0.2) is 45.4 Å². The molecule has 60 heavy (non-hydrogen) atoms. The second-order valence-electron chi connectivity index (χ2n) is 13.9. The molecule has 1 aliphatic rings. The van der Waals surface area contributed by atoms with Crippen LogP contribution in [0.3, 0.4) is 0 Å². The van der Waals surface area contributed by atoms with Crippen molar-refractivity contribution in [2.24, 2.45) is 0 Å². The summed E-state index contributed by atoms with van der Waals surface area (Å²) in [4.78, 5) is 40.3. The lowest BCUT2D eigenvalue weighted by Gasteiger charge is -2.18. The quantitative estimate of drug-likeness (QED) is 0.0618. The number of hydrogen-bond acceptors (Lipinski definition) is 8. The molecule has 6 aromatic carbocycles. The Bertz CT molecular complexity index is 2380. The maximum atomic E-state index is 13.6. The SMILES string of the molecule is COc1c(Cl)cc(C(=CCCNC(=O)OCC2c3ccccc3-c3ccccc32)c2cc(Cl)c(OC)c(C(=O)OCc3ccccc3)c2)cc1C(=O)OCc1ccccc1. The third-order valence-electron chi connectivity index (χ3n) is 10.1. The topological polar surface area (TPSA) is 109 Å². The molecule has 1 N–H and O–H groups in total. The van der Waals surface area contributed by atoms with Gasteiger partial charge < -0.3 is 29.0 Å². The monoisotopic (exact) mass is 841 g/mol. The van der Waals surface area contributed by atoms with Gasteiger partial charge in [-0.25, -0.2) is 14.4 Å². The van der Waals surface area contributed by atoms with Crippen LogP contribution < -0.4 is 14.8 Å². The summed E-state index contributed by atoms with van der Waals surface area (Å²) < 4.78 is 28.2. The molecular formula is C49H41Cl2NO8. The average Bonchev–Trinajstić information content (AvgIpc) is 3.60. The lowest BCUT2D eigenvalue weighted by Crippen LogP contribution is -2.26. The van der Waals surface area contributed by atoms with Gasteiger partial charge in [-0.3, -0.25) is 0 Å². The largest absolute Gasteiger partial charge is 0.494 e. The van der Waals surface area contributed by atoms with Crippen LogP contribution in [0.5, 0.6) is 11.5 Å². The molecular weight excluding hydrogens is 801 g/mol. The van der Waals surface area contributed by atoms with Crippen molar-refractivity contribution in [1.29, 1.82) is 0 Å². The van der Waals surface area contributed by atoms with E-state index in [-0.39, 0.29) is 65.0 Å². The predicted octanol–water partition coefficient (Wildman–Crippen LogP) is 11.1. The molecule has 11 heteroatoms. The number of carbonyl (C=O) groups is 3. The summed E-state index contributed by atoms with van der Waals surface area (Å²) in [5.74, 6) is -1.14. The van der Waals surface area contributed by atoms with E-state index in [0.717, 1.165) is 33.4 Å². The first-order valence-corrected chi connectivity index (χ1v) is 20.0. The minimum Gasteiger partial charge on any atom is -0.494 e. The molecule has 0 spiro atoms. The van der Waals surface area contributed by atoms with Crippen molar-refractivity contribution >= 4 is 46.8 Å². The zero-order valence-electron chi connectivity index (χ0n) is 32.9. The fraction of sp³-hybridized carbons (Fsp3) is 0.163. The molecule has 0 bridgehead atoms. The molecule has 0 aromatic heterocycles. The van der Waals surface area contributed by atoms with Gasteiger partial charge in [0, 0.05) is 12.5 Å². The van der Waals surface area contributed by atoms with Gasteiger partial charge in [0.25, 0.3) is 0 Å². The Morgan fingerprint density at radius 3 is 1.52 bits per heavy atom. The maximum absolute atomic E-state index is 13.6. The number of carbonyl (C=O) groups excluding carboxylic acids is 3. The number of methoxy groups -OCH3 is 2. The normalized spacial score (nSPS) is 11.5. The molecule has 6 aromatic rings. The Morgan fingerprint density at radius 1 is 0.600 bits per heavy atom. The van der Waals surface area contributed by atoms with Gasteiger partial charge in [0.15, 0.2) is 11.5 Å². The second-order valence-corrected chi connectivity index (χ2v) is 14.7. The summed E-state index contributed by atoms with van der Waals surface area (Å²) in [6, 6.07) is 41.3. The van der Waals surface area contributed by atoms with Crippen molar-refractivity contribution in [3.05, 3.63) is 194 Å². The van der Waals surface area contributed by atoms with Crippen LogP contribution >= 0.6 is 23.2 Å². The number of nitrogens with one attached hydrogen (secondary N) is 1. The Hall–Kier alpha value is -6.55. The molecule has 0 unspecified atom stereocenters. The number of benzene rings is 6. The molecule has 1 amide bonds. The fourth-order valence-electron chi connectivity index (χ4n) is 7.26. The minimum atomic E-state index is -0.659. The van der Waals surface area contributed by atoms with Gasteiger partial charge in [-0.05, 0) is 80.8 Å².